The molecule has 3 rings (SSSR count). The van der Waals surface area contributed by atoms with Gasteiger partial charge in [0, 0.05) is 20.6 Å². The normalized spacial score (nSPS) is 32.6. The number of halogens is 1. The van der Waals surface area contributed by atoms with Crippen molar-refractivity contribution in [2.75, 3.05) is 25.1 Å². The lowest BCUT2D eigenvalue weighted by molar-refractivity contribution is -0.195. The fraction of sp³-hybridized carbons (Fsp3) is 0.625. The SMILES string of the molecule is [3H]CCNc1cc2c(ncn2[C@@H]2O[C@](F)(CO)[C@@H](CCO[3H])[C@@]2(C)O)c(=O)[nH]1. The number of H-pyrrole nitrogens is 1. The highest BCUT2D eigenvalue weighted by Crippen LogP contribution is 2.51. The van der Waals surface area contributed by atoms with Crippen molar-refractivity contribution in [2.45, 2.75) is 37.9 Å². The van der Waals surface area contributed by atoms with Crippen LogP contribution in [-0.2, 0) is 4.74 Å². The molecule has 0 unspecified atom stereocenters. The van der Waals surface area contributed by atoms with E-state index in [-0.39, 0.29) is 25.4 Å². The highest BCUT2D eigenvalue weighted by Gasteiger charge is 2.62. The second kappa shape index (κ2) is 6.62. The summed E-state index contributed by atoms with van der Waals surface area (Å²) in [5.74, 6) is -3.39. The second-order valence-electron chi connectivity index (χ2n) is 6.51. The number of hydrogen-bond acceptors (Lipinski definition) is 7. The summed E-state index contributed by atoms with van der Waals surface area (Å²) >= 11 is 0. The first-order valence-corrected chi connectivity index (χ1v) is 8.19. The van der Waals surface area contributed by atoms with Gasteiger partial charge in [0.05, 0.1) is 17.8 Å². The van der Waals surface area contributed by atoms with Gasteiger partial charge in [0.1, 0.15) is 18.0 Å². The van der Waals surface area contributed by atoms with Crippen molar-refractivity contribution in [3.05, 3.63) is 22.7 Å². The molecule has 2 aromatic heterocycles. The van der Waals surface area contributed by atoms with Crippen LogP contribution in [0.4, 0.5) is 10.2 Å². The molecule has 0 bridgehead atoms. The van der Waals surface area contributed by atoms with Crippen molar-refractivity contribution < 1.29 is 25.8 Å². The number of imidazole rings is 1. The molecule has 1 fully saturated rings. The smallest absolute Gasteiger partial charge is 0.277 e. The van der Waals surface area contributed by atoms with Crippen LogP contribution in [0.2, 0.25) is 0 Å². The quantitative estimate of drug-likeness (QED) is 0.464. The monoisotopic (exact) mass is 374 g/mol. The Morgan fingerprint density at radius 3 is 3.15 bits per heavy atom. The van der Waals surface area contributed by atoms with E-state index >= 15 is 4.39 Å². The third kappa shape index (κ3) is 2.78. The van der Waals surface area contributed by atoms with Crippen molar-refractivity contribution in [1.29, 1.82) is 1.43 Å². The van der Waals surface area contributed by atoms with Gasteiger partial charge in [-0.2, -0.15) is 0 Å². The van der Waals surface area contributed by atoms with Gasteiger partial charge in [0.25, 0.3) is 5.56 Å². The molecule has 0 spiro atoms. The lowest BCUT2D eigenvalue weighted by Crippen LogP contribution is -2.44. The largest absolute Gasteiger partial charge is 0.396 e. The molecule has 1 aliphatic heterocycles. The van der Waals surface area contributed by atoms with Crippen LogP contribution in [0, 0.1) is 5.92 Å². The molecule has 9 nitrogen and oxygen atoms in total. The minimum atomic E-state index is -2.56. The number of hydrogen-bond donors (Lipinski definition) is 5. The van der Waals surface area contributed by atoms with Gasteiger partial charge in [0.15, 0.2) is 11.7 Å². The molecule has 0 aromatic carbocycles. The van der Waals surface area contributed by atoms with Crippen LogP contribution in [-0.4, -0.2) is 62.5 Å². The minimum Gasteiger partial charge on any atom is -0.396 e. The first-order chi connectivity index (χ1) is 13.3. The first kappa shape index (κ1) is 16.2. The summed E-state index contributed by atoms with van der Waals surface area (Å²) in [5, 5.41) is 27.7. The molecule has 144 valence electrons. The van der Waals surface area contributed by atoms with Crippen LogP contribution in [0.15, 0.2) is 17.2 Å². The Labute approximate surface area is 151 Å². The van der Waals surface area contributed by atoms with Crippen LogP contribution in [0.1, 0.15) is 27.8 Å². The number of nitrogens with zero attached hydrogens (tertiary/aromatic N) is 2. The topological polar surface area (TPSA) is 133 Å². The van der Waals surface area contributed by atoms with Gasteiger partial charge >= 0.3 is 0 Å². The maximum Gasteiger partial charge on any atom is 0.277 e. The Balaban J connectivity index is 2.06. The van der Waals surface area contributed by atoms with E-state index in [0.29, 0.717) is 17.9 Å². The second-order valence-corrected chi connectivity index (χ2v) is 6.51. The zero-order chi connectivity index (χ0) is 20.5. The molecule has 0 saturated carbocycles. The molecule has 10 heteroatoms. The number of aromatic amines is 1. The molecule has 26 heavy (non-hydrogen) atoms. The number of rotatable bonds is 7. The fourth-order valence-electron chi connectivity index (χ4n) is 3.57. The van der Waals surface area contributed by atoms with Gasteiger partial charge in [-0.15, -0.1) is 0 Å². The Hall–Kier alpha value is -2.01. The zero-order valence-corrected chi connectivity index (χ0v) is 14.2. The van der Waals surface area contributed by atoms with E-state index in [1.54, 1.807) is 6.07 Å². The van der Waals surface area contributed by atoms with E-state index in [4.69, 9.17) is 7.54 Å². The van der Waals surface area contributed by atoms with E-state index in [1.807, 2.05) is 0 Å². The molecule has 4 atom stereocenters. The number of aliphatic hydroxyl groups excluding tert-OH is 2. The molecule has 0 amide bonds. The lowest BCUT2D eigenvalue weighted by Gasteiger charge is -2.30. The van der Waals surface area contributed by atoms with Crippen LogP contribution >= 0.6 is 0 Å². The maximum atomic E-state index is 15.2. The Kier molecular flexibility index (Phi) is 4.12. The van der Waals surface area contributed by atoms with E-state index in [1.165, 1.54) is 17.8 Å². The summed E-state index contributed by atoms with van der Waals surface area (Å²) in [6.07, 6.45) is -0.0848. The number of fused-ring (bicyclic) bond motifs is 1. The molecule has 1 saturated heterocycles. The number of aromatic nitrogens is 3. The van der Waals surface area contributed by atoms with Gasteiger partial charge in [-0.25, -0.2) is 9.37 Å². The molecule has 0 aliphatic carbocycles. The summed E-state index contributed by atoms with van der Waals surface area (Å²) in [5.41, 5.74) is -1.92. The predicted molar refractivity (Wildman–Crippen MR) is 91.4 cm³/mol. The molecule has 1 aliphatic rings. The molecule has 2 aromatic rings. The number of alkyl halides is 1. The van der Waals surface area contributed by atoms with Crippen LogP contribution in [0.5, 0.6) is 0 Å². The standard InChI is InChI=1S/C16H23FN4O5/c1-3-18-11-6-9-12(13(24)20-11)19-8-21(9)14-15(2,25)10(4-5-22)16(17,7-23)26-14/h6,8,10,14,22-23,25H,3-5,7H2,1-2H3,(H2,18,20,24)/t10-,14+,15+,16+/m0/s1/i1T,22T. The van der Waals surface area contributed by atoms with Crippen LogP contribution in [0.25, 0.3) is 11.0 Å². The molecular weight excluding hydrogens is 347 g/mol. The number of nitrogens with one attached hydrogen (secondary N) is 2. The van der Waals surface area contributed by atoms with Crippen molar-refractivity contribution in [1.82, 2.24) is 14.5 Å². The molecule has 5 N–H and O–H groups in total. The van der Waals surface area contributed by atoms with Gasteiger partial charge in [-0.3, -0.25) is 4.79 Å². The van der Waals surface area contributed by atoms with Gasteiger partial charge < -0.3 is 34.9 Å². The van der Waals surface area contributed by atoms with Crippen molar-refractivity contribution >= 4 is 16.9 Å². The van der Waals surface area contributed by atoms with E-state index in [0.717, 1.165) is 0 Å². The summed E-state index contributed by atoms with van der Waals surface area (Å²) in [6.45, 7) is 0.613. The highest BCUT2D eigenvalue weighted by atomic mass is 19.2. The number of ether oxygens (including phenoxy) is 1. The summed E-state index contributed by atoms with van der Waals surface area (Å²) in [6, 6.07) is 1.55. The molecule has 0 radical (unpaired) electrons. The van der Waals surface area contributed by atoms with Crippen molar-refractivity contribution in [3.63, 3.8) is 0 Å². The fourth-order valence-corrected chi connectivity index (χ4v) is 3.57. The highest BCUT2D eigenvalue weighted by molar-refractivity contribution is 5.77. The third-order valence-corrected chi connectivity index (χ3v) is 4.80. The first-order valence-electron chi connectivity index (χ1n) is 9.31. The summed E-state index contributed by atoms with van der Waals surface area (Å²) < 4.78 is 36.0. The van der Waals surface area contributed by atoms with E-state index < -0.39 is 35.8 Å². The molecule has 3 heterocycles. The minimum absolute atomic E-state index is 0.0619. The lowest BCUT2D eigenvalue weighted by atomic mass is 9.83. The Bertz CT molecular complexity index is 892. The zero-order valence-electron chi connectivity index (χ0n) is 16.2. The average Bonchev–Trinajstić information content (AvgIpc) is 3.16. The Morgan fingerprint density at radius 2 is 2.46 bits per heavy atom. The number of anilines is 1. The van der Waals surface area contributed by atoms with Crippen LogP contribution in [0.3, 0.4) is 0 Å². The average molecular weight is 374 g/mol. The van der Waals surface area contributed by atoms with Gasteiger partial charge in [-0.05, 0) is 20.2 Å². The molecular formula is C16H23FN4O5. The summed E-state index contributed by atoms with van der Waals surface area (Å²) in [4.78, 5) is 18.9. The number of aliphatic hydroxyl groups is 3. The van der Waals surface area contributed by atoms with Gasteiger partial charge in [-0.1, -0.05) is 0 Å². The van der Waals surface area contributed by atoms with E-state index in [9.17, 15) is 15.0 Å². The Morgan fingerprint density at radius 1 is 1.65 bits per heavy atom. The number of pyridine rings is 1. The predicted octanol–water partition coefficient (Wildman–Crippen LogP) is 0.0929. The van der Waals surface area contributed by atoms with E-state index in [2.05, 4.69) is 20.4 Å². The third-order valence-electron chi connectivity index (χ3n) is 4.80. The van der Waals surface area contributed by atoms with Crippen molar-refractivity contribution in [3.8, 4) is 0 Å². The summed E-state index contributed by atoms with van der Waals surface area (Å²) in [7, 11) is 0. The van der Waals surface area contributed by atoms with Crippen LogP contribution < -0.4 is 10.9 Å². The maximum absolute atomic E-state index is 15.2. The van der Waals surface area contributed by atoms with Crippen molar-refractivity contribution in [2.24, 2.45) is 5.92 Å². The van der Waals surface area contributed by atoms with Gasteiger partial charge in [0.2, 0.25) is 7.29 Å².